The first-order valence-electron chi connectivity index (χ1n) is 13.4. The van der Waals surface area contributed by atoms with Gasteiger partial charge in [0, 0.05) is 25.3 Å². The minimum absolute atomic E-state index is 0.164. The minimum Gasteiger partial charge on any atom is -0.462 e. The number of hydrogen-bond donors (Lipinski definition) is 0. The van der Waals surface area contributed by atoms with Crippen LogP contribution >= 0.6 is 0 Å². The smallest absolute Gasteiger partial charge is 0.334 e. The molecule has 8 atom stereocenters. The van der Waals surface area contributed by atoms with E-state index in [4.69, 9.17) is 23.7 Å². The highest BCUT2D eigenvalue weighted by molar-refractivity contribution is 5.88. The van der Waals surface area contributed by atoms with Gasteiger partial charge in [0.25, 0.3) is 0 Å². The summed E-state index contributed by atoms with van der Waals surface area (Å²) in [7, 11) is 0. The molecule has 214 valence electrons. The van der Waals surface area contributed by atoms with Crippen molar-refractivity contribution in [2.45, 2.75) is 118 Å². The van der Waals surface area contributed by atoms with E-state index in [2.05, 4.69) is 0 Å². The summed E-state index contributed by atoms with van der Waals surface area (Å²) < 4.78 is 29.3. The van der Waals surface area contributed by atoms with Crippen molar-refractivity contribution in [3.8, 4) is 0 Å². The van der Waals surface area contributed by atoms with E-state index in [9.17, 15) is 19.2 Å². The number of allylic oxidation sites excluding steroid dienone is 2. The monoisotopic (exact) mass is 536 g/mol. The Hall–Kier alpha value is -2.68. The predicted molar refractivity (Wildman–Crippen MR) is 140 cm³/mol. The first-order valence-corrected chi connectivity index (χ1v) is 13.4. The average molecular weight is 537 g/mol. The molecule has 0 aromatic carbocycles. The van der Waals surface area contributed by atoms with Gasteiger partial charge in [0.2, 0.25) is 0 Å². The van der Waals surface area contributed by atoms with Crippen molar-refractivity contribution < 1.29 is 42.9 Å². The maximum Gasteiger partial charge on any atom is 0.334 e. The van der Waals surface area contributed by atoms with Crippen molar-refractivity contribution in [2.75, 3.05) is 0 Å². The summed E-state index contributed by atoms with van der Waals surface area (Å²) in [5, 5.41) is 0. The lowest BCUT2D eigenvalue weighted by atomic mass is 9.77. The third-order valence-electron chi connectivity index (χ3n) is 7.59. The summed E-state index contributed by atoms with van der Waals surface area (Å²) in [6.45, 7) is 16.9. The van der Waals surface area contributed by atoms with Gasteiger partial charge in [-0.15, -0.1) is 0 Å². The molecule has 1 saturated heterocycles. The summed E-state index contributed by atoms with van der Waals surface area (Å²) in [5.74, 6) is -3.60. The van der Waals surface area contributed by atoms with Gasteiger partial charge in [-0.25, -0.2) is 4.79 Å². The lowest BCUT2D eigenvalue weighted by Gasteiger charge is -2.39. The fourth-order valence-electron chi connectivity index (χ4n) is 4.94. The molecule has 0 aromatic rings. The lowest BCUT2D eigenvalue weighted by Crippen LogP contribution is -2.52. The normalized spacial score (nSPS) is 32.6. The Balaban J connectivity index is 2.58. The molecule has 2 aliphatic rings. The number of carbonyl (C=O) groups is 4. The van der Waals surface area contributed by atoms with Crippen LogP contribution in [0.5, 0.6) is 0 Å². The number of fused-ring (bicyclic) bond motifs is 1. The minimum atomic E-state index is -0.942. The molecule has 3 unspecified atom stereocenters. The molecular formula is C29H44O9. The SMILES string of the molecule is C/C=C(\C)C(=O)O[C@H]1/C(C)=C/CC[C@@]2(C)O[C@H]2C(OC(=O)C(C)C(C)OC(C)=O)[C@@H](C(C)C)[C@@H]1OC(C)=O. The van der Waals surface area contributed by atoms with Crippen molar-refractivity contribution in [1.82, 2.24) is 0 Å². The zero-order valence-corrected chi connectivity index (χ0v) is 24.4. The number of carbonyl (C=O) groups excluding carboxylic acids is 4. The van der Waals surface area contributed by atoms with E-state index in [-0.39, 0.29) is 5.92 Å². The zero-order chi connectivity index (χ0) is 28.9. The van der Waals surface area contributed by atoms with Crippen LogP contribution in [0.1, 0.15) is 82.1 Å². The Bertz CT molecular complexity index is 965. The van der Waals surface area contributed by atoms with Crippen LogP contribution in [-0.4, -0.2) is 60.0 Å². The summed E-state index contributed by atoms with van der Waals surface area (Å²) >= 11 is 0. The fourth-order valence-corrected chi connectivity index (χ4v) is 4.94. The van der Waals surface area contributed by atoms with Crippen LogP contribution in [0.3, 0.4) is 0 Å². The standard InChI is InChI=1S/C29H44O9/c1-11-16(4)27(32)36-23-17(5)13-12-14-29(10)26(38-29)25(22(15(2)3)24(23)35-21(9)31)37-28(33)18(6)19(7)34-20(8)30/h11,13,15,18-19,22-26H,12,14H2,1-10H3/b16-11+,17-13+/t18?,19?,22-,23-,24-,25?,26-,29+/m0/s1. The first kappa shape index (κ1) is 31.5. The molecule has 0 bridgehead atoms. The fraction of sp³-hybridized carbons (Fsp3) is 0.724. The van der Waals surface area contributed by atoms with E-state index in [0.29, 0.717) is 18.4 Å². The van der Waals surface area contributed by atoms with E-state index in [1.165, 1.54) is 13.8 Å². The Labute approximate surface area is 226 Å². The Morgan fingerprint density at radius 2 is 1.63 bits per heavy atom. The van der Waals surface area contributed by atoms with Crippen LogP contribution in [0.25, 0.3) is 0 Å². The van der Waals surface area contributed by atoms with Crippen LogP contribution in [0, 0.1) is 17.8 Å². The summed E-state index contributed by atoms with van der Waals surface area (Å²) in [4.78, 5) is 50.0. The van der Waals surface area contributed by atoms with Gasteiger partial charge in [-0.05, 0) is 65.9 Å². The van der Waals surface area contributed by atoms with Gasteiger partial charge >= 0.3 is 23.9 Å². The van der Waals surface area contributed by atoms with E-state index in [1.54, 1.807) is 33.8 Å². The third-order valence-corrected chi connectivity index (χ3v) is 7.59. The number of epoxide rings is 1. The van der Waals surface area contributed by atoms with Crippen LogP contribution in [0.2, 0.25) is 0 Å². The van der Waals surface area contributed by atoms with Gasteiger partial charge in [-0.2, -0.15) is 0 Å². The molecule has 0 aromatic heterocycles. The molecule has 1 fully saturated rings. The molecular weight excluding hydrogens is 492 g/mol. The number of ether oxygens (including phenoxy) is 5. The Kier molecular flexibility index (Phi) is 10.7. The van der Waals surface area contributed by atoms with Crippen LogP contribution in [-0.2, 0) is 42.9 Å². The predicted octanol–water partition coefficient (Wildman–Crippen LogP) is 4.47. The van der Waals surface area contributed by atoms with Crippen molar-refractivity contribution in [2.24, 2.45) is 17.8 Å². The molecule has 0 amide bonds. The molecule has 0 saturated carbocycles. The molecule has 38 heavy (non-hydrogen) atoms. The lowest BCUT2D eigenvalue weighted by molar-refractivity contribution is -0.182. The Morgan fingerprint density at radius 3 is 2.16 bits per heavy atom. The van der Waals surface area contributed by atoms with Crippen LogP contribution in [0.4, 0.5) is 0 Å². The Morgan fingerprint density at radius 1 is 1.00 bits per heavy atom. The van der Waals surface area contributed by atoms with Crippen LogP contribution in [0.15, 0.2) is 23.3 Å². The number of rotatable bonds is 8. The van der Waals surface area contributed by atoms with Crippen molar-refractivity contribution in [3.63, 3.8) is 0 Å². The van der Waals surface area contributed by atoms with E-state index < -0.39 is 71.8 Å². The number of esters is 4. The molecule has 0 spiro atoms. The first-order chi connectivity index (χ1) is 17.6. The topological polar surface area (TPSA) is 118 Å². The van der Waals surface area contributed by atoms with E-state index >= 15 is 0 Å². The van der Waals surface area contributed by atoms with Crippen molar-refractivity contribution >= 4 is 23.9 Å². The summed E-state index contributed by atoms with van der Waals surface area (Å²) in [6, 6.07) is 0. The second-order valence-electron chi connectivity index (χ2n) is 11.0. The molecule has 1 aliphatic heterocycles. The number of hydrogen-bond acceptors (Lipinski definition) is 9. The maximum atomic E-state index is 13.3. The average Bonchev–Trinajstić information content (AvgIpc) is 3.49. The molecule has 0 radical (unpaired) electrons. The van der Waals surface area contributed by atoms with Gasteiger partial charge < -0.3 is 23.7 Å². The van der Waals surface area contributed by atoms with Crippen molar-refractivity contribution in [3.05, 3.63) is 23.3 Å². The maximum absolute atomic E-state index is 13.3. The van der Waals surface area contributed by atoms with Crippen LogP contribution < -0.4 is 0 Å². The molecule has 9 heteroatoms. The quantitative estimate of drug-likeness (QED) is 0.146. The largest absolute Gasteiger partial charge is 0.462 e. The highest BCUT2D eigenvalue weighted by Gasteiger charge is 2.61. The van der Waals surface area contributed by atoms with Gasteiger partial charge in [0.05, 0.1) is 11.5 Å². The van der Waals surface area contributed by atoms with Gasteiger partial charge in [-0.1, -0.05) is 26.0 Å². The zero-order valence-electron chi connectivity index (χ0n) is 24.4. The molecule has 2 rings (SSSR count). The molecule has 1 aliphatic carbocycles. The highest BCUT2D eigenvalue weighted by atomic mass is 16.6. The molecule has 0 N–H and O–H groups in total. The van der Waals surface area contributed by atoms with Gasteiger partial charge in [0.15, 0.2) is 6.10 Å². The third kappa shape index (κ3) is 7.68. The molecule has 1 heterocycles. The van der Waals surface area contributed by atoms with E-state index in [1.807, 2.05) is 33.8 Å². The van der Waals surface area contributed by atoms with E-state index in [0.717, 1.165) is 5.57 Å². The van der Waals surface area contributed by atoms with Gasteiger partial charge in [0.1, 0.15) is 24.4 Å². The highest BCUT2D eigenvalue weighted by Crippen LogP contribution is 2.48. The summed E-state index contributed by atoms with van der Waals surface area (Å²) in [5.41, 5.74) is 0.626. The second kappa shape index (κ2) is 12.9. The van der Waals surface area contributed by atoms with Gasteiger partial charge in [-0.3, -0.25) is 14.4 Å². The summed E-state index contributed by atoms with van der Waals surface area (Å²) in [6.07, 6.45) is 1.15. The second-order valence-corrected chi connectivity index (χ2v) is 11.0. The molecule has 9 nitrogen and oxygen atoms in total. The van der Waals surface area contributed by atoms with Crippen molar-refractivity contribution in [1.29, 1.82) is 0 Å².